The van der Waals surface area contributed by atoms with Crippen LogP contribution in [-0.4, -0.2) is 29.7 Å². The number of halogens is 1. The van der Waals surface area contributed by atoms with Crippen LogP contribution in [0.5, 0.6) is 5.75 Å². The van der Waals surface area contributed by atoms with Crippen molar-refractivity contribution < 1.29 is 7.59 Å². The van der Waals surface area contributed by atoms with Crippen molar-refractivity contribution in [1.82, 2.24) is 0 Å². The Hall–Kier alpha value is 0.0762. The van der Waals surface area contributed by atoms with Crippen LogP contribution in [-0.2, 0) is 5.88 Å². The van der Waals surface area contributed by atoms with Gasteiger partial charge in [-0.15, -0.1) is 11.6 Å². The fourth-order valence-electron chi connectivity index (χ4n) is 0.911. The summed E-state index contributed by atoms with van der Waals surface area (Å²) in [6, 6.07) is 7.81. The van der Waals surface area contributed by atoms with Crippen molar-refractivity contribution >= 4 is 34.7 Å². The quantitative estimate of drug-likeness (QED) is 0.534. The average molecular weight is 197 g/mol. The molecule has 0 spiro atoms. The minimum absolute atomic E-state index is 0. The molecule has 0 saturated carbocycles. The van der Waals surface area contributed by atoms with E-state index in [9.17, 15) is 0 Å². The normalized spacial score (nSPS) is 8.83. The molecule has 1 aromatic rings. The standard InChI is InChI=1S/C9H11ClO.Mg.2H/c1-2-11-9-6-4-3-5-8(9)7-10;;;/h3-6H,2,7H2,1H3;;;/q;+2;2*-1. The van der Waals surface area contributed by atoms with Crippen molar-refractivity contribution in [3.05, 3.63) is 29.8 Å². The second-order valence-electron chi connectivity index (χ2n) is 2.17. The summed E-state index contributed by atoms with van der Waals surface area (Å²) >= 11 is 5.69. The fraction of sp³-hybridized carbons (Fsp3) is 0.333. The van der Waals surface area contributed by atoms with Crippen molar-refractivity contribution in [1.29, 1.82) is 0 Å². The van der Waals surface area contributed by atoms with Gasteiger partial charge in [-0.25, -0.2) is 0 Å². The molecule has 0 atom stereocenters. The maximum Gasteiger partial charge on any atom is 2.00 e. The number of alkyl halides is 1. The molecule has 0 radical (unpaired) electrons. The third-order valence-corrected chi connectivity index (χ3v) is 1.70. The van der Waals surface area contributed by atoms with Crippen molar-refractivity contribution in [2.75, 3.05) is 6.61 Å². The third-order valence-electron chi connectivity index (χ3n) is 1.42. The van der Waals surface area contributed by atoms with Gasteiger partial charge in [0.15, 0.2) is 0 Å². The van der Waals surface area contributed by atoms with Crippen LogP contribution in [0.1, 0.15) is 15.3 Å². The van der Waals surface area contributed by atoms with Gasteiger partial charge in [0.1, 0.15) is 5.75 Å². The predicted octanol–water partition coefficient (Wildman–Crippen LogP) is 2.67. The van der Waals surface area contributed by atoms with Crippen molar-refractivity contribution in [2.24, 2.45) is 0 Å². The van der Waals surface area contributed by atoms with E-state index in [1.807, 2.05) is 31.2 Å². The summed E-state index contributed by atoms with van der Waals surface area (Å²) in [5.41, 5.74) is 1.05. The molecule has 12 heavy (non-hydrogen) atoms. The maximum absolute atomic E-state index is 5.69. The molecule has 0 unspecified atom stereocenters. The number of rotatable bonds is 3. The van der Waals surface area contributed by atoms with Crippen molar-refractivity contribution in [3.8, 4) is 5.75 Å². The Morgan fingerprint density at radius 3 is 2.67 bits per heavy atom. The van der Waals surface area contributed by atoms with E-state index in [1.165, 1.54) is 0 Å². The third kappa shape index (κ3) is 3.21. The number of para-hydroxylation sites is 1. The molecule has 1 nitrogen and oxygen atoms in total. The SMILES string of the molecule is CCOc1ccccc1CCl.[H-].[H-].[Mg+2]. The summed E-state index contributed by atoms with van der Waals surface area (Å²) in [6.07, 6.45) is 0. The zero-order valence-electron chi connectivity index (χ0n) is 9.22. The molecule has 0 saturated heterocycles. The first-order valence-electron chi connectivity index (χ1n) is 3.65. The van der Waals surface area contributed by atoms with E-state index in [2.05, 4.69) is 0 Å². The van der Waals surface area contributed by atoms with Crippen LogP contribution in [0.25, 0.3) is 0 Å². The summed E-state index contributed by atoms with van der Waals surface area (Å²) in [4.78, 5) is 0. The number of hydrogen-bond acceptors (Lipinski definition) is 1. The van der Waals surface area contributed by atoms with E-state index < -0.39 is 0 Å². The molecule has 64 valence electrons. The van der Waals surface area contributed by atoms with Gasteiger partial charge in [0, 0.05) is 5.56 Å². The Balaban J connectivity index is -0.000000403. The second kappa shape index (κ2) is 6.58. The molecule has 0 amide bonds. The summed E-state index contributed by atoms with van der Waals surface area (Å²) in [5, 5.41) is 0. The molecule has 0 aliphatic heterocycles. The zero-order valence-corrected chi connectivity index (χ0v) is 9.39. The molecule has 0 N–H and O–H groups in total. The Kier molecular flexibility index (Phi) is 6.62. The molecule has 3 heteroatoms. The van der Waals surface area contributed by atoms with Crippen LogP contribution < -0.4 is 4.74 Å². The van der Waals surface area contributed by atoms with Crippen LogP contribution in [0, 0.1) is 0 Å². The molecule has 1 rings (SSSR count). The Morgan fingerprint density at radius 2 is 2.08 bits per heavy atom. The summed E-state index contributed by atoms with van der Waals surface area (Å²) < 4.78 is 5.34. The first-order chi connectivity index (χ1) is 5.38. The average Bonchev–Trinajstić information content (AvgIpc) is 2.06. The monoisotopic (exact) mass is 196 g/mol. The first kappa shape index (κ1) is 12.1. The van der Waals surface area contributed by atoms with Crippen molar-refractivity contribution in [3.63, 3.8) is 0 Å². The Morgan fingerprint density at radius 1 is 1.42 bits per heavy atom. The van der Waals surface area contributed by atoms with Gasteiger partial charge in [0.2, 0.25) is 0 Å². The topological polar surface area (TPSA) is 9.23 Å². The van der Waals surface area contributed by atoms with Gasteiger partial charge < -0.3 is 7.59 Å². The predicted molar refractivity (Wildman–Crippen MR) is 55.1 cm³/mol. The first-order valence-corrected chi connectivity index (χ1v) is 4.18. The van der Waals surface area contributed by atoms with E-state index in [0.717, 1.165) is 11.3 Å². The van der Waals surface area contributed by atoms with E-state index in [-0.39, 0.29) is 25.9 Å². The number of hydrogen-bond donors (Lipinski definition) is 0. The fourth-order valence-corrected chi connectivity index (χ4v) is 1.13. The molecule has 0 heterocycles. The molecular weight excluding hydrogens is 184 g/mol. The van der Waals surface area contributed by atoms with Gasteiger partial charge in [0.25, 0.3) is 0 Å². The number of benzene rings is 1. The summed E-state index contributed by atoms with van der Waals surface area (Å²) in [7, 11) is 0. The summed E-state index contributed by atoms with van der Waals surface area (Å²) in [6.45, 7) is 2.65. The molecule has 1 aromatic carbocycles. The zero-order chi connectivity index (χ0) is 8.10. The van der Waals surface area contributed by atoms with Gasteiger partial charge in [-0.05, 0) is 13.0 Å². The minimum atomic E-state index is 0. The largest absolute Gasteiger partial charge is 2.00 e. The van der Waals surface area contributed by atoms with Gasteiger partial charge >= 0.3 is 23.1 Å². The van der Waals surface area contributed by atoms with Gasteiger partial charge in [0.05, 0.1) is 12.5 Å². The van der Waals surface area contributed by atoms with Crippen LogP contribution in [0.3, 0.4) is 0 Å². The molecule has 0 aliphatic rings. The van der Waals surface area contributed by atoms with E-state index in [1.54, 1.807) is 0 Å². The summed E-state index contributed by atoms with van der Waals surface area (Å²) in [5.74, 6) is 1.40. The number of ether oxygens (including phenoxy) is 1. The van der Waals surface area contributed by atoms with E-state index in [0.29, 0.717) is 12.5 Å². The van der Waals surface area contributed by atoms with E-state index >= 15 is 0 Å². The van der Waals surface area contributed by atoms with Crippen LogP contribution in [0.4, 0.5) is 0 Å². The molecular formula is C9H13ClMgO. The Labute approximate surface area is 97.2 Å². The molecule has 0 bridgehead atoms. The maximum atomic E-state index is 5.69. The second-order valence-corrected chi connectivity index (χ2v) is 2.44. The van der Waals surface area contributed by atoms with Gasteiger partial charge in [-0.3, -0.25) is 0 Å². The van der Waals surface area contributed by atoms with Crippen LogP contribution in [0.15, 0.2) is 24.3 Å². The van der Waals surface area contributed by atoms with E-state index in [4.69, 9.17) is 16.3 Å². The smallest absolute Gasteiger partial charge is 1.00 e. The van der Waals surface area contributed by atoms with Crippen molar-refractivity contribution in [2.45, 2.75) is 12.8 Å². The van der Waals surface area contributed by atoms with Crippen LogP contribution >= 0.6 is 11.6 Å². The minimum Gasteiger partial charge on any atom is -1.00 e. The molecule has 0 fully saturated rings. The van der Waals surface area contributed by atoms with Crippen LogP contribution in [0.2, 0.25) is 0 Å². The Bertz CT molecular complexity index is 236. The van der Waals surface area contributed by atoms with Gasteiger partial charge in [-0.2, -0.15) is 0 Å². The molecule has 0 aliphatic carbocycles. The van der Waals surface area contributed by atoms with Gasteiger partial charge in [-0.1, -0.05) is 18.2 Å². The molecule has 0 aromatic heterocycles.